The van der Waals surface area contributed by atoms with E-state index in [2.05, 4.69) is 273 Å². The molecule has 0 radical (unpaired) electrons. The summed E-state index contributed by atoms with van der Waals surface area (Å²) in [5.41, 5.74) is 0. The van der Waals surface area contributed by atoms with Gasteiger partial charge in [-0.25, -0.2) is 0 Å². The fourth-order valence-corrected chi connectivity index (χ4v) is 14.0. The Morgan fingerprint density at radius 3 is 0.429 bits per heavy atom. The molecule has 0 atom stereocenters. The average Bonchev–Trinajstić information content (AvgIpc) is 3.97. The summed E-state index contributed by atoms with van der Waals surface area (Å²) in [5, 5.41) is 12.6. The molecule has 9 aromatic carbocycles. The van der Waals surface area contributed by atoms with E-state index in [9.17, 15) is 0 Å². The molecular formula is C58H53OP3Ru. The minimum absolute atomic E-state index is 0. The molecule has 0 unspecified atom stereocenters. The summed E-state index contributed by atoms with van der Waals surface area (Å²) in [7, 11) is -1.34. The van der Waals surface area contributed by atoms with Crippen molar-refractivity contribution in [1.29, 1.82) is 0 Å². The molecule has 1 saturated heterocycles. The van der Waals surface area contributed by atoms with E-state index in [1.54, 1.807) is 0 Å². The van der Waals surface area contributed by atoms with Gasteiger partial charge < -0.3 is 4.74 Å². The molecule has 0 aromatic heterocycles. The Kier molecular flexibility index (Phi) is 20.4. The van der Waals surface area contributed by atoms with Crippen LogP contribution in [0.4, 0.5) is 0 Å². The Labute approximate surface area is 392 Å². The second-order valence-corrected chi connectivity index (χ2v) is 21.0. The van der Waals surface area contributed by atoms with Crippen LogP contribution in [-0.4, -0.2) is 13.2 Å². The summed E-state index contributed by atoms with van der Waals surface area (Å²) in [6.07, 6.45) is 2.56. The molecule has 63 heavy (non-hydrogen) atoms. The second-order valence-electron chi connectivity index (χ2n) is 14.3. The number of ether oxygens (including phenoxy) is 1. The Morgan fingerprint density at radius 1 is 0.206 bits per heavy atom. The van der Waals surface area contributed by atoms with Gasteiger partial charge >= 0.3 is 0 Å². The first-order valence-electron chi connectivity index (χ1n) is 21.3. The molecule has 0 aliphatic carbocycles. The quantitative estimate of drug-likeness (QED) is 0.103. The molecule has 9 aromatic rings. The van der Waals surface area contributed by atoms with E-state index < -0.39 is 23.8 Å². The predicted octanol–water partition coefficient (Wildman–Crippen LogP) is 11.1. The van der Waals surface area contributed by atoms with Crippen molar-refractivity contribution in [2.75, 3.05) is 13.2 Å². The molecule has 0 spiro atoms. The van der Waals surface area contributed by atoms with Crippen LogP contribution >= 0.6 is 23.8 Å². The normalized spacial score (nSPS) is 11.5. The first kappa shape index (κ1) is 47.3. The van der Waals surface area contributed by atoms with Gasteiger partial charge in [0.05, 0.1) is 0 Å². The zero-order chi connectivity index (χ0) is 42.3. The molecule has 314 valence electrons. The number of rotatable bonds is 9. The van der Waals surface area contributed by atoms with E-state index in [1.165, 1.54) is 60.6 Å². The molecule has 0 N–H and O–H groups in total. The van der Waals surface area contributed by atoms with Crippen LogP contribution in [0.25, 0.3) is 0 Å². The number of benzene rings is 9. The van der Waals surface area contributed by atoms with Gasteiger partial charge in [0.2, 0.25) is 0 Å². The van der Waals surface area contributed by atoms with E-state index in [0.717, 1.165) is 13.2 Å². The molecular weight excluding hydrogens is 907 g/mol. The number of hydrogen-bond acceptors (Lipinski definition) is 1. The summed E-state index contributed by atoms with van der Waals surface area (Å²) in [5.74, 6) is 0. The van der Waals surface area contributed by atoms with Crippen LogP contribution in [0.15, 0.2) is 273 Å². The fraction of sp³-hybridized carbons (Fsp3) is 0.0690. The fourth-order valence-electron chi connectivity index (χ4n) is 7.05. The smallest absolute Gasteiger partial charge is 0.0466 e. The minimum Gasteiger partial charge on any atom is -0.381 e. The van der Waals surface area contributed by atoms with Gasteiger partial charge in [-0.15, -0.1) is 0 Å². The SMILES string of the molecule is C1CCOC1.[Ru].c1ccc(P(c2ccccc2)c2ccccc2)cc1.c1ccc(P(c2ccccc2)c2ccccc2)cc1.c1ccc(P(c2ccccc2)c2ccccc2)cc1. The minimum atomic E-state index is -0.446. The Morgan fingerprint density at radius 2 is 0.333 bits per heavy atom. The monoisotopic (exact) mass is 960 g/mol. The summed E-state index contributed by atoms with van der Waals surface area (Å²) in [6.45, 7) is 2.00. The second kappa shape index (κ2) is 27.1. The van der Waals surface area contributed by atoms with Crippen molar-refractivity contribution in [3.05, 3.63) is 273 Å². The summed E-state index contributed by atoms with van der Waals surface area (Å²) >= 11 is 0. The van der Waals surface area contributed by atoms with Gasteiger partial charge in [0.1, 0.15) is 0 Å². The van der Waals surface area contributed by atoms with Gasteiger partial charge in [-0.05, 0) is 84.3 Å². The zero-order valence-corrected chi connectivity index (χ0v) is 39.8. The molecule has 0 amide bonds. The van der Waals surface area contributed by atoms with Gasteiger partial charge in [-0.3, -0.25) is 0 Å². The molecule has 5 heteroatoms. The van der Waals surface area contributed by atoms with Gasteiger partial charge in [-0.1, -0.05) is 273 Å². The van der Waals surface area contributed by atoms with Crippen molar-refractivity contribution in [2.24, 2.45) is 0 Å². The van der Waals surface area contributed by atoms with E-state index in [0.29, 0.717) is 0 Å². The third-order valence-corrected chi connectivity index (χ3v) is 17.3. The van der Waals surface area contributed by atoms with E-state index in [1.807, 2.05) is 0 Å². The maximum atomic E-state index is 4.94. The van der Waals surface area contributed by atoms with Gasteiger partial charge in [0.25, 0.3) is 0 Å². The predicted molar refractivity (Wildman–Crippen MR) is 275 cm³/mol. The Hall–Kier alpha value is -5.15. The number of hydrogen-bond donors (Lipinski definition) is 0. The molecule has 1 fully saturated rings. The standard InChI is InChI=1S/3C18H15P.C4H8O.Ru/c3*1-4-10-16(11-5-1)19(17-12-6-2-7-13-17)18-14-8-3-9-15-18;1-2-4-5-3-1;/h3*1-15H;1-4H2;. The largest absolute Gasteiger partial charge is 0.381 e. The van der Waals surface area contributed by atoms with Crippen molar-refractivity contribution in [3.63, 3.8) is 0 Å². The maximum Gasteiger partial charge on any atom is 0.0466 e. The van der Waals surface area contributed by atoms with E-state index in [4.69, 9.17) is 4.74 Å². The van der Waals surface area contributed by atoms with E-state index >= 15 is 0 Å². The molecule has 1 aliphatic rings. The van der Waals surface area contributed by atoms with Crippen molar-refractivity contribution in [2.45, 2.75) is 12.8 Å². The Balaban J connectivity index is 0.000000147. The van der Waals surface area contributed by atoms with Crippen LogP contribution in [0.3, 0.4) is 0 Å². The van der Waals surface area contributed by atoms with Gasteiger partial charge in [-0.2, -0.15) is 0 Å². The first-order valence-corrected chi connectivity index (χ1v) is 25.3. The van der Waals surface area contributed by atoms with Crippen LogP contribution in [0.1, 0.15) is 12.8 Å². The maximum absolute atomic E-state index is 4.94. The van der Waals surface area contributed by atoms with Crippen molar-refractivity contribution < 1.29 is 24.2 Å². The Bertz CT molecular complexity index is 1950. The third-order valence-electron chi connectivity index (χ3n) is 9.96. The summed E-state index contributed by atoms with van der Waals surface area (Å²) in [4.78, 5) is 0. The summed E-state index contributed by atoms with van der Waals surface area (Å²) < 4.78 is 4.94. The molecule has 10 rings (SSSR count). The van der Waals surface area contributed by atoms with Crippen molar-refractivity contribution in [3.8, 4) is 0 Å². The van der Waals surface area contributed by atoms with Gasteiger partial charge in [0.15, 0.2) is 0 Å². The average molecular weight is 960 g/mol. The zero-order valence-electron chi connectivity index (χ0n) is 35.4. The van der Waals surface area contributed by atoms with Crippen LogP contribution < -0.4 is 47.7 Å². The van der Waals surface area contributed by atoms with Crippen LogP contribution in [0.2, 0.25) is 0 Å². The third kappa shape index (κ3) is 14.7. The summed E-state index contributed by atoms with van der Waals surface area (Å²) in [6, 6.07) is 97.0. The molecule has 0 saturated carbocycles. The van der Waals surface area contributed by atoms with Gasteiger partial charge in [0, 0.05) is 32.7 Å². The molecule has 1 aliphatic heterocycles. The molecule has 0 bridgehead atoms. The van der Waals surface area contributed by atoms with Crippen LogP contribution in [-0.2, 0) is 24.2 Å². The van der Waals surface area contributed by atoms with Crippen LogP contribution in [0, 0.1) is 0 Å². The van der Waals surface area contributed by atoms with Crippen molar-refractivity contribution in [1.82, 2.24) is 0 Å². The van der Waals surface area contributed by atoms with Crippen LogP contribution in [0.5, 0.6) is 0 Å². The topological polar surface area (TPSA) is 9.23 Å². The first-order chi connectivity index (χ1) is 30.8. The van der Waals surface area contributed by atoms with Crippen molar-refractivity contribution >= 4 is 71.5 Å². The van der Waals surface area contributed by atoms with E-state index in [-0.39, 0.29) is 19.5 Å². The molecule has 1 nitrogen and oxygen atoms in total. The molecule has 1 heterocycles.